The third kappa shape index (κ3) is 2.98. The minimum absolute atomic E-state index is 0.111. The van der Waals surface area contributed by atoms with Crippen molar-refractivity contribution in [2.45, 2.75) is 24.9 Å². The molecule has 0 atom stereocenters. The van der Waals surface area contributed by atoms with E-state index >= 15 is 0 Å². The third-order valence-corrected chi connectivity index (χ3v) is 3.00. The van der Waals surface area contributed by atoms with Crippen molar-refractivity contribution in [3.05, 3.63) is 35.4 Å². The highest BCUT2D eigenvalue weighted by molar-refractivity contribution is 5.32. The van der Waals surface area contributed by atoms with E-state index in [1.807, 2.05) is 0 Å². The molecule has 122 valence electrons. The van der Waals surface area contributed by atoms with E-state index in [-0.39, 0.29) is 5.56 Å². The zero-order chi connectivity index (χ0) is 17.4. The van der Waals surface area contributed by atoms with Crippen LogP contribution in [0.15, 0.2) is 24.3 Å². The molecular weight excluding hydrogens is 329 g/mol. The Morgan fingerprint density at radius 1 is 0.727 bits per heavy atom. The second-order valence-corrected chi connectivity index (χ2v) is 4.38. The molecule has 0 fully saturated rings. The number of halogens is 9. The number of hydrogen-bond acceptors (Lipinski definition) is 1. The van der Waals surface area contributed by atoms with E-state index in [4.69, 9.17) is 5.26 Å². The summed E-state index contributed by atoms with van der Waals surface area (Å²) < 4.78 is 114. The Morgan fingerprint density at radius 3 is 1.36 bits per heavy atom. The highest BCUT2D eigenvalue weighted by atomic mass is 19.4. The second-order valence-electron chi connectivity index (χ2n) is 4.38. The van der Waals surface area contributed by atoms with E-state index in [1.54, 1.807) is 6.07 Å². The molecule has 1 aromatic rings. The minimum atomic E-state index is -6.59. The SMILES string of the molecule is N#Cc1ccc(CC(C(F)(F)F)(C(F)(F)F)C(F)(F)F)cc1. The average molecular weight is 335 g/mol. The molecule has 0 radical (unpaired) electrons. The van der Waals surface area contributed by atoms with Crippen molar-refractivity contribution in [2.75, 3.05) is 0 Å². The standard InChI is InChI=1S/C12H6F9N/c13-10(14,15)9(11(16,17)18,12(19,20)21)5-7-1-3-8(6-22)4-2-7/h1-4H,5H2. The first-order valence-electron chi connectivity index (χ1n) is 5.45. The minimum Gasteiger partial charge on any atom is -0.192 e. The molecule has 0 spiro atoms. The van der Waals surface area contributed by atoms with E-state index in [1.165, 1.54) is 0 Å². The zero-order valence-corrected chi connectivity index (χ0v) is 10.4. The van der Waals surface area contributed by atoms with Crippen molar-refractivity contribution in [3.63, 3.8) is 0 Å². The van der Waals surface area contributed by atoms with Crippen LogP contribution in [0.5, 0.6) is 0 Å². The van der Waals surface area contributed by atoms with Crippen molar-refractivity contribution in [1.82, 2.24) is 0 Å². The van der Waals surface area contributed by atoms with Gasteiger partial charge in [-0.2, -0.15) is 44.8 Å². The Labute approximate surface area is 118 Å². The third-order valence-electron chi connectivity index (χ3n) is 3.00. The number of nitriles is 1. The number of alkyl halides is 9. The summed E-state index contributed by atoms with van der Waals surface area (Å²) >= 11 is 0. The second kappa shape index (κ2) is 5.37. The molecule has 0 aliphatic heterocycles. The van der Waals surface area contributed by atoms with Gasteiger partial charge < -0.3 is 0 Å². The van der Waals surface area contributed by atoms with Crippen LogP contribution in [0.1, 0.15) is 11.1 Å². The number of nitrogens with zero attached hydrogens (tertiary/aromatic N) is 1. The lowest BCUT2D eigenvalue weighted by molar-refractivity contribution is -0.426. The van der Waals surface area contributed by atoms with Crippen molar-refractivity contribution in [3.8, 4) is 6.07 Å². The highest BCUT2D eigenvalue weighted by Gasteiger charge is 2.83. The molecule has 22 heavy (non-hydrogen) atoms. The number of hydrogen-bond donors (Lipinski definition) is 0. The van der Waals surface area contributed by atoms with Gasteiger partial charge in [-0.25, -0.2) is 0 Å². The van der Waals surface area contributed by atoms with Crippen molar-refractivity contribution in [1.29, 1.82) is 5.26 Å². The van der Waals surface area contributed by atoms with Crippen LogP contribution in [0.4, 0.5) is 39.5 Å². The van der Waals surface area contributed by atoms with E-state index in [0.29, 0.717) is 12.1 Å². The molecule has 0 aromatic heterocycles. The number of benzene rings is 1. The van der Waals surface area contributed by atoms with Gasteiger partial charge in [0.05, 0.1) is 11.6 Å². The van der Waals surface area contributed by atoms with Crippen LogP contribution >= 0.6 is 0 Å². The Kier molecular flexibility index (Phi) is 4.43. The fourth-order valence-electron chi connectivity index (χ4n) is 1.79. The van der Waals surface area contributed by atoms with Crippen molar-refractivity contribution in [2.24, 2.45) is 5.41 Å². The lowest BCUT2D eigenvalue weighted by atomic mass is 9.79. The van der Waals surface area contributed by atoms with E-state index in [0.717, 1.165) is 12.1 Å². The fourth-order valence-corrected chi connectivity index (χ4v) is 1.79. The highest BCUT2D eigenvalue weighted by Crippen LogP contribution is 2.60. The first kappa shape index (κ1) is 18.1. The molecule has 0 aliphatic carbocycles. The summed E-state index contributed by atoms with van der Waals surface area (Å²) in [7, 11) is 0. The van der Waals surface area contributed by atoms with Gasteiger partial charge in [-0.05, 0) is 17.7 Å². The summed E-state index contributed by atoms with van der Waals surface area (Å²) in [6.45, 7) is 0. The van der Waals surface area contributed by atoms with Gasteiger partial charge in [-0.1, -0.05) is 12.1 Å². The van der Waals surface area contributed by atoms with E-state index < -0.39 is 35.9 Å². The van der Waals surface area contributed by atoms with Gasteiger partial charge in [-0.15, -0.1) is 0 Å². The first-order valence-corrected chi connectivity index (χ1v) is 5.45. The van der Waals surface area contributed by atoms with Crippen LogP contribution in [-0.4, -0.2) is 18.5 Å². The lowest BCUT2D eigenvalue weighted by Gasteiger charge is -2.38. The zero-order valence-electron chi connectivity index (χ0n) is 10.4. The van der Waals surface area contributed by atoms with Gasteiger partial charge in [-0.3, -0.25) is 0 Å². The number of rotatable bonds is 2. The van der Waals surface area contributed by atoms with Crippen LogP contribution in [-0.2, 0) is 6.42 Å². The van der Waals surface area contributed by atoms with Gasteiger partial charge in [0.1, 0.15) is 0 Å². The monoisotopic (exact) mass is 335 g/mol. The molecule has 0 heterocycles. The Bertz CT molecular complexity index is 521. The van der Waals surface area contributed by atoms with Gasteiger partial charge in [0.25, 0.3) is 5.41 Å². The molecule has 1 aromatic carbocycles. The lowest BCUT2D eigenvalue weighted by Crippen LogP contribution is -2.60. The molecule has 0 amide bonds. The average Bonchev–Trinajstić information content (AvgIpc) is 2.32. The topological polar surface area (TPSA) is 23.8 Å². The molecule has 0 saturated carbocycles. The Morgan fingerprint density at radius 2 is 1.09 bits per heavy atom. The molecular formula is C12H6F9N. The largest absolute Gasteiger partial charge is 0.412 e. The first-order chi connectivity index (χ1) is 9.76. The van der Waals surface area contributed by atoms with Crippen LogP contribution in [0.3, 0.4) is 0 Å². The molecule has 1 rings (SSSR count). The summed E-state index contributed by atoms with van der Waals surface area (Å²) in [5.74, 6) is 0. The molecule has 0 bridgehead atoms. The quantitative estimate of drug-likeness (QED) is 0.714. The van der Waals surface area contributed by atoms with Gasteiger partial charge >= 0.3 is 18.5 Å². The molecule has 1 nitrogen and oxygen atoms in total. The molecule has 0 unspecified atom stereocenters. The predicted molar refractivity (Wildman–Crippen MR) is 55.5 cm³/mol. The normalized spacial score (nSPS) is 13.8. The summed E-state index contributed by atoms with van der Waals surface area (Å²) in [4.78, 5) is 0. The smallest absolute Gasteiger partial charge is 0.192 e. The summed E-state index contributed by atoms with van der Waals surface area (Å²) in [5.41, 5.74) is -6.83. The molecule has 0 N–H and O–H groups in total. The van der Waals surface area contributed by atoms with Crippen LogP contribution in [0.25, 0.3) is 0 Å². The van der Waals surface area contributed by atoms with Gasteiger partial charge in [0.2, 0.25) is 0 Å². The van der Waals surface area contributed by atoms with Crippen LogP contribution in [0.2, 0.25) is 0 Å². The molecule has 10 heteroatoms. The summed E-state index contributed by atoms with van der Waals surface area (Å²) in [5, 5.41) is 8.46. The Balaban J connectivity index is 3.47. The summed E-state index contributed by atoms with van der Waals surface area (Å²) in [6.07, 6.45) is -22.1. The van der Waals surface area contributed by atoms with Crippen molar-refractivity contribution < 1.29 is 39.5 Å². The summed E-state index contributed by atoms with van der Waals surface area (Å²) in [6, 6.07) is 4.46. The van der Waals surface area contributed by atoms with Crippen LogP contribution in [0, 0.1) is 16.7 Å². The Hall–Kier alpha value is -1.92. The predicted octanol–water partition coefficient (Wildman–Crippen LogP) is 4.77. The maximum Gasteiger partial charge on any atom is 0.412 e. The van der Waals surface area contributed by atoms with Crippen molar-refractivity contribution >= 4 is 0 Å². The van der Waals surface area contributed by atoms with E-state index in [9.17, 15) is 39.5 Å². The van der Waals surface area contributed by atoms with Crippen LogP contribution < -0.4 is 0 Å². The van der Waals surface area contributed by atoms with E-state index in [2.05, 4.69) is 0 Å². The van der Waals surface area contributed by atoms with Gasteiger partial charge in [0, 0.05) is 6.42 Å². The van der Waals surface area contributed by atoms with Gasteiger partial charge in [0.15, 0.2) is 0 Å². The molecule has 0 aliphatic rings. The molecule has 0 saturated heterocycles. The maximum absolute atomic E-state index is 12.7. The fraction of sp³-hybridized carbons (Fsp3) is 0.417. The maximum atomic E-state index is 12.7.